The van der Waals surface area contributed by atoms with Crippen molar-refractivity contribution in [3.63, 3.8) is 0 Å². The summed E-state index contributed by atoms with van der Waals surface area (Å²) in [5, 5.41) is 7.79. The van der Waals surface area contributed by atoms with Gasteiger partial charge in [0.25, 0.3) is 0 Å². The molecule has 1 aliphatic carbocycles. The van der Waals surface area contributed by atoms with E-state index in [0.29, 0.717) is 0 Å². The quantitative estimate of drug-likeness (QED) is 0.224. The van der Waals surface area contributed by atoms with Crippen molar-refractivity contribution in [3.05, 3.63) is 156 Å². The summed E-state index contributed by atoms with van der Waals surface area (Å²) >= 11 is 0. The van der Waals surface area contributed by atoms with Gasteiger partial charge in [0, 0.05) is 27.8 Å². The maximum Gasteiger partial charge on any atom is 0.0544 e. The Labute approximate surface area is 232 Å². The summed E-state index contributed by atoms with van der Waals surface area (Å²) in [4.78, 5) is 3.72. The molecule has 1 heteroatoms. The topological polar surface area (TPSA) is 15.8 Å². The lowest BCUT2D eigenvalue weighted by Crippen LogP contribution is -2.02. The van der Waals surface area contributed by atoms with Crippen LogP contribution < -0.4 is 0 Å². The molecule has 0 spiro atoms. The minimum atomic E-state index is 0.157. The lowest BCUT2D eigenvalue weighted by atomic mass is 9.82. The highest BCUT2D eigenvalue weighted by Crippen LogP contribution is 2.52. The standard InChI is InChI=1S/C39H25N/c1-3-12-27-24(10-1)22-25-11-2-4-13-28(25)37(27)38-33-16-6-5-14-30(33)31-21-20-26(23-35(31)38)29-17-9-18-34-32-15-7-8-19-36(32)40-39(29)34/h1-23,38,40H. The van der Waals surface area contributed by atoms with E-state index in [0.717, 1.165) is 0 Å². The summed E-state index contributed by atoms with van der Waals surface area (Å²) < 4.78 is 0. The predicted octanol–water partition coefficient (Wildman–Crippen LogP) is 10.5. The molecule has 1 heterocycles. The largest absolute Gasteiger partial charge is 0.354 e. The summed E-state index contributed by atoms with van der Waals surface area (Å²) in [6.07, 6.45) is 0. The fraction of sp³-hybridized carbons (Fsp3) is 0.0256. The molecule has 1 aromatic heterocycles. The van der Waals surface area contributed by atoms with E-state index >= 15 is 0 Å². The number of nitrogens with one attached hydrogen (secondary N) is 1. The molecule has 186 valence electrons. The number of hydrogen-bond acceptors (Lipinski definition) is 0. The minimum absolute atomic E-state index is 0.157. The highest BCUT2D eigenvalue weighted by atomic mass is 14.7. The number of fused-ring (bicyclic) bond motifs is 8. The van der Waals surface area contributed by atoms with E-state index in [2.05, 4.69) is 145 Å². The van der Waals surface area contributed by atoms with Crippen LogP contribution in [0.3, 0.4) is 0 Å². The fourth-order valence-electron chi connectivity index (χ4n) is 7.16. The second-order valence-corrected chi connectivity index (χ2v) is 11.0. The number of aromatic amines is 1. The zero-order valence-electron chi connectivity index (χ0n) is 21.9. The molecule has 0 amide bonds. The number of rotatable bonds is 2. The third kappa shape index (κ3) is 2.98. The number of hydrogen-bond donors (Lipinski definition) is 1. The van der Waals surface area contributed by atoms with Crippen LogP contribution in [0.5, 0.6) is 0 Å². The van der Waals surface area contributed by atoms with Gasteiger partial charge in [-0.3, -0.25) is 0 Å². The monoisotopic (exact) mass is 507 g/mol. The first-order chi connectivity index (χ1) is 19.8. The molecule has 0 radical (unpaired) electrons. The molecule has 0 bridgehead atoms. The molecule has 1 N–H and O–H groups in total. The van der Waals surface area contributed by atoms with E-state index < -0.39 is 0 Å². The molecule has 1 unspecified atom stereocenters. The molecule has 0 saturated heterocycles. The van der Waals surface area contributed by atoms with Gasteiger partial charge in [0.05, 0.1) is 5.52 Å². The number of H-pyrrole nitrogens is 1. The van der Waals surface area contributed by atoms with Gasteiger partial charge in [-0.15, -0.1) is 0 Å². The van der Waals surface area contributed by atoms with E-state index in [1.807, 2.05) is 0 Å². The molecule has 0 aliphatic heterocycles. The lowest BCUT2D eigenvalue weighted by Gasteiger charge is -2.20. The number of benzene rings is 7. The minimum Gasteiger partial charge on any atom is -0.354 e. The molecule has 1 nitrogen and oxygen atoms in total. The smallest absolute Gasteiger partial charge is 0.0544 e. The van der Waals surface area contributed by atoms with E-state index in [1.54, 1.807) is 0 Å². The van der Waals surface area contributed by atoms with Crippen LogP contribution in [0.4, 0.5) is 0 Å². The summed E-state index contributed by atoms with van der Waals surface area (Å²) in [6.45, 7) is 0. The lowest BCUT2D eigenvalue weighted by molar-refractivity contribution is 1.04. The molecule has 1 aliphatic rings. The summed E-state index contributed by atoms with van der Waals surface area (Å²) in [5.74, 6) is 0.157. The second-order valence-electron chi connectivity index (χ2n) is 11.0. The van der Waals surface area contributed by atoms with Crippen LogP contribution in [0.2, 0.25) is 0 Å². The van der Waals surface area contributed by atoms with Crippen molar-refractivity contribution in [1.82, 2.24) is 4.98 Å². The summed E-state index contributed by atoms with van der Waals surface area (Å²) in [6, 6.07) is 51.4. The SMILES string of the molecule is c1ccc2c(c1)-c1ccc(-c3cccc4c3[nH]c3ccccc34)cc1C2c1c2ccccc2cc2ccccc12. The van der Waals surface area contributed by atoms with Gasteiger partial charge in [-0.2, -0.15) is 0 Å². The number of para-hydroxylation sites is 2. The second kappa shape index (κ2) is 8.18. The Morgan fingerprint density at radius 3 is 1.88 bits per heavy atom. The molecule has 0 fully saturated rings. The average molecular weight is 508 g/mol. The van der Waals surface area contributed by atoms with Crippen molar-refractivity contribution >= 4 is 43.4 Å². The van der Waals surface area contributed by atoms with Crippen molar-refractivity contribution in [1.29, 1.82) is 0 Å². The van der Waals surface area contributed by atoms with Gasteiger partial charge in [-0.25, -0.2) is 0 Å². The van der Waals surface area contributed by atoms with Gasteiger partial charge < -0.3 is 4.98 Å². The highest BCUT2D eigenvalue weighted by Gasteiger charge is 2.32. The van der Waals surface area contributed by atoms with E-state index in [1.165, 1.54) is 82.3 Å². The number of aromatic nitrogens is 1. The highest BCUT2D eigenvalue weighted by molar-refractivity contribution is 6.12. The average Bonchev–Trinajstić information content (AvgIpc) is 3.55. The Kier molecular flexibility index (Phi) is 4.45. The predicted molar refractivity (Wildman–Crippen MR) is 169 cm³/mol. The van der Waals surface area contributed by atoms with Gasteiger partial charge in [-0.05, 0) is 73.1 Å². The Balaban J connectivity index is 1.35. The Morgan fingerprint density at radius 1 is 0.425 bits per heavy atom. The Hall–Kier alpha value is -5.14. The summed E-state index contributed by atoms with van der Waals surface area (Å²) in [5.41, 5.74) is 11.7. The van der Waals surface area contributed by atoms with Crippen LogP contribution in [-0.4, -0.2) is 4.98 Å². The van der Waals surface area contributed by atoms with Gasteiger partial charge >= 0.3 is 0 Å². The van der Waals surface area contributed by atoms with Gasteiger partial charge in [0.2, 0.25) is 0 Å². The van der Waals surface area contributed by atoms with Crippen LogP contribution in [-0.2, 0) is 0 Å². The molecule has 9 rings (SSSR count). The third-order valence-corrected chi connectivity index (χ3v) is 8.88. The first-order valence-electron chi connectivity index (χ1n) is 14.0. The van der Waals surface area contributed by atoms with Gasteiger partial charge in [0.1, 0.15) is 0 Å². The molecule has 7 aromatic carbocycles. The first kappa shape index (κ1) is 21.8. The van der Waals surface area contributed by atoms with Crippen LogP contribution in [0.15, 0.2) is 140 Å². The van der Waals surface area contributed by atoms with Crippen molar-refractivity contribution in [2.75, 3.05) is 0 Å². The van der Waals surface area contributed by atoms with Crippen molar-refractivity contribution in [2.45, 2.75) is 5.92 Å². The Morgan fingerprint density at radius 2 is 1.05 bits per heavy atom. The van der Waals surface area contributed by atoms with Crippen LogP contribution in [0.1, 0.15) is 22.6 Å². The molecule has 40 heavy (non-hydrogen) atoms. The van der Waals surface area contributed by atoms with Crippen molar-refractivity contribution < 1.29 is 0 Å². The van der Waals surface area contributed by atoms with Crippen molar-refractivity contribution in [3.8, 4) is 22.3 Å². The maximum absolute atomic E-state index is 3.72. The molecule has 8 aromatic rings. The fourth-order valence-corrected chi connectivity index (χ4v) is 7.16. The van der Waals surface area contributed by atoms with E-state index in [9.17, 15) is 0 Å². The van der Waals surface area contributed by atoms with E-state index in [-0.39, 0.29) is 5.92 Å². The molecular weight excluding hydrogens is 482 g/mol. The zero-order chi connectivity index (χ0) is 26.2. The molecular formula is C39H25N. The normalized spacial score (nSPS) is 14.2. The summed E-state index contributed by atoms with van der Waals surface area (Å²) in [7, 11) is 0. The maximum atomic E-state index is 3.72. The van der Waals surface area contributed by atoms with Gasteiger partial charge in [-0.1, -0.05) is 121 Å². The third-order valence-electron chi connectivity index (χ3n) is 8.88. The molecule has 0 saturated carbocycles. The van der Waals surface area contributed by atoms with E-state index in [4.69, 9.17) is 0 Å². The van der Waals surface area contributed by atoms with Crippen LogP contribution >= 0.6 is 0 Å². The van der Waals surface area contributed by atoms with Gasteiger partial charge in [0.15, 0.2) is 0 Å². The Bertz CT molecular complexity index is 2230. The zero-order valence-corrected chi connectivity index (χ0v) is 21.9. The molecule has 1 atom stereocenters. The van der Waals surface area contributed by atoms with Crippen LogP contribution in [0.25, 0.3) is 65.6 Å². The van der Waals surface area contributed by atoms with Crippen molar-refractivity contribution in [2.24, 2.45) is 0 Å². The van der Waals surface area contributed by atoms with Crippen LogP contribution in [0, 0.1) is 0 Å². The first-order valence-corrected chi connectivity index (χ1v) is 14.0.